The van der Waals surface area contributed by atoms with Crippen LogP contribution in [0.4, 0.5) is 15.9 Å². The summed E-state index contributed by atoms with van der Waals surface area (Å²) in [5.74, 6) is 4.91. The standard InChI is InChI=1S/C11H10FN5O2S2/c12-7-1-3-8(4-2-7)16-21(18,19)10-9(15-13)14-11-17(10)5-6-20-11/h1-6,15-16H,13H2. The van der Waals surface area contributed by atoms with Crippen LogP contribution in [-0.2, 0) is 10.0 Å². The van der Waals surface area contributed by atoms with Crippen molar-refractivity contribution in [2.45, 2.75) is 5.03 Å². The van der Waals surface area contributed by atoms with Gasteiger partial charge >= 0.3 is 0 Å². The number of fused-ring (bicyclic) bond motifs is 1. The lowest BCUT2D eigenvalue weighted by Gasteiger charge is -2.08. The Kier molecular flexibility index (Phi) is 3.27. The smallest absolute Gasteiger partial charge is 0.281 e. The fourth-order valence-corrected chi connectivity index (χ4v) is 3.92. The first-order valence-corrected chi connectivity index (χ1v) is 8.08. The lowest BCUT2D eigenvalue weighted by Crippen LogP contribution is -2.18. The van der Waals surface area contributed by atoms with Gasteiger partial charge in [-0.25, -0.2) is 10.2 Å². The molecular formula is C11H10FN5O2S2. The van der Waals surface area contributed by atoms with Crippen LogP contribution in [0, 0.1) is 5.82 Å². The molecule has 21 heavy (non-hydrogen) atoms. The minimum atomic E-state index is -3.93. The predicted molar refractivity (Wildman–Crippen MR) is 78.1 cm³/mol. The van der Waals surface area contributed by atoms with Gasteiger partial charge in [0.05, 0.1) is 0 Å². The zero-order chi connectivity index (χ0) is 15.0. The Morgan fingerprint density at radius 2 is 2.00 bits per heavy atom. The number of nitrogen functional groups attached to an aromatic ring is 1. The maximum Gasteiger partial charge on any atom is 0.281 e. The number of halogens is 1. The van der Waals surface area contributed by atoms with Gasteiger partial charge in [-0.15, -0.1) is 11.3 Å². The van der Waals surface area contributed by atoms with Crippen LogP contribution in [0.3, 0.4) is 0 Å². The highest BCUT2D eigenvalue weighted by Crippen LogP contribution is 2.26. The van der Waals surface area contributed by atoms with E-state index in [-0.39, 0.29) is 16.5 Å². The number of nitrogens with zero attached hydrogens (tertiary/aromatic N) is 2. The van der Waals surface area contributed by atoms with Gasteiger partial charge in [-0.05, 0) is 24.3 Å². The fraction of sp³-hybridized carbons (Fsp3) is 0. The monoisotopic (exact) mass is 327 g/mol. The van der Waals surface area contributed by atoms with Crippen molar-refractivity contribution in [2.75, 3.05) is 10.1 Å². The highest BCUT2D eigenvalue weighted by Gasteiger charge is 2.25. The summed E-state index contributed by atoms with van der Waals surface area (Å²) in [6.07, 6.45) is 1.58. The molecule has 7 nitrogen and oxygen atoms in total. The third-order valence-electron chi connectivity index (χ3n) is 2.71. The predicted octanol–water partition coefficient (Wildman–Crippen LogP) is 1.62. The molecule has 0 amide bonds. The topological polar surface area (TPSA) is 102 Å². The number of anilines is 2. The number of hydrazine groups is 1. The molecule has 2 aromatic heterocycles. The molecule has 3 aromatic rings. The first-order chi connectivity index (χ1) is 10.0. The highest BCUT2D eigenvalue weighted by atomic mass is 32.2. The first kappa shape index (κ1) is 13.8. The van der Waals surface area contributed by atoms with Crippen LogP contribution in [0.15, 0.2) is 40.9 Å². The van der Waals surface area contributed by atoms with Gasteiger partial charge in [0.25, 0.3) is 10.0 Å². The zero-order valence-electron chi connectivity index (χ0n) is 10.4. The van der Waals surface area contributed by atoms with Crippen molar-refractivity contribution < 1.29 is 12.8 Å². The lowest BCUT2D eigenvalue weighted by atomic mass is 10.3. The van der Waals surface area contributed by atoms with Crippen LogP contribution in [0.2, 0.25) is 0 Å². The second-order valence-corrected chi connectivity index (χ2v) is 6.55. The molecule has 0 atom stereocenters. The van der Waals surface area contributed by atoms with Crippen molar-refractivity contribution in [3.8, 4) is 0 Å². The van der Waals surface area contributed by atoms with Gasteiger partial charge in [-0.1, -0.05) is 0 Å². The van der Waals surface area contributed by atoms with Crippen LogP contribution in [0.25, 0.3) is 4.96 Å². The van der Waals surface area contributed by atoms with Crippen molar-refractivity contribution in [3.63, 3.8) is 0 Å². The summed E-state index contributed by atoms with van der Waals surface area (Å²) in [4.78, 5) is 4.57. The number of benzene rings is 1. The Morgan fingerprint density at radius 3 is 2.67 bits per heavy atom. The summed E-state index contributed by atoms with van der Waals surface area (Å²) in [5.41, 5.74) is 2.51. The summed E-state index contributed by atoms with van der Waals surface area (Å²) in [7, 11) is -3.93. The van der Waals surface area contributed by atoms with E-state index in [1.54, 1.807) is 11.6 Å². The number of aromatic nitrogens is 2. The molecule has 1 aromatic carbocycles. The number of hydrogen-bond donors (Lipinski definition) is 3. The highest BCUT2D eigenvalue weighted by molar-refractivity contribution is 7.92. The van der Waals surface area contributed by atoms with Gasteiger partial charge in [-0.2, -0.15) is 13.4 Å². The molecule has 110 valence electrons. The number of imidazole rings is 1. The second-order valence-electron chi connectivity index (χ2n) is 4.08. The fourth-order valence-electron chi connectivity index (χ4n) is 1.84. The van der Waals surface area contributed by atoms with Crippen LogP contribution >= 0.6 is 11.3 Å². The molecule has 2 heterocycles. The molecule has 4 N–H and O–H groups in total. The molecule has 0 saturated heterocycles. The summed E-state index contributed by atoms with van der Waals surface area (Å²) >= 11 is 1.28. The number of thiazole rings is 1. The minimum absolute atomic E-state index is 0.0384. The van der Waals surface area contributed by atoms with Gasteiger partial charge in [0.1, 0.15) is 5.82 Å². The van der Waals surface area contributed by atoms with Crippen molar-refractivity contribution in [2.24, 2.45) is 5.84 Å². The molecule has 0 saturated carbocycles. The third-order valence-corrected chi connectivity index (χ3v) is 4.87. The van der Waals surface area contributed by atoms with Crippen molar-refractivity contribution in [1.29, 1.82) is 0 Å². The average molecular weight is 327 g/mol. The molecule has 0 aliphatic carbocycles. The van der Waals surface area contributed by atoms with Crippen molar-refractivity contribution >= 4 is 37.8 Å². The first-order valence-electron chi connectivity index (χ1n) is 5.72. The van der Waals surface area contributed by atoms with Crippen LogP contribution in [-0.4, -0.2) is 17.8 Å². The Labute approximate surface area is 123 Å². The van der Waals surface area contributed by atoms with E-state index in [0.29, 0.717) is 4.96 Å². The summed E-state index contributed by atoms with van der Waals surface area (Å²) in [6.45, 7) is 0. The normalized spacial score (nSPS) is 11.7. The van der Waals surface area contributed by atoms with E-state index >= 15 is 0 Å². The Morgan fingerprint density at radius 1 is 1.29 bits per heavy atom. The maximum atomic E-state index is 12.9. The van der Waals surface area contributed by atoms with Crippen LogP contribution in [0.1, 0.15) is 0 Å². The van der Waals surface area contributed by atoms with E-state index in [1.165, 1.54) is 27.9 Å². The van der Waals surface area contributed by atoms with E-state index in [9.17, 15) is 12.8 Å². The summed E-state index contributed by atoms with van der Waals surface area (Å²) in [5, 5.41) is 1.60. The number of hydrogen-bond acceptors (Lipinski definition) is 6. The van der Waals surface area contributed by atoms with Crippen molar-refractivity contribution in [3.05, 3.63) is 41.7 Å². The van der Waals surface area contributed by atoms with Crippen LogP contribution in [0.5, 0.6) is 0 Å². The van der Waals surface area contributed by atoms with Gasteiger partial charge in [0, 0.05) is 17.3 Å². The molecule has 3 rings (SSSR count). The Hall–Kier alpha value is -2.17. The summed E-state index contributed by atoms with van der Waals surface area (Å²) in [6, 6.07) is 4.98. The SMILES string of the molecule is NNc1nc2sccn2c1S(=O)(=O)Nc1ccc(F)cc1. The van der Waals surface area contributed by atoms with Gasteiger partial charge in [0.15, 0.2) is 10.8 Å². The maximum absolute atomic E-state index is 12.9. The number of nitrogens with two attached hydrogens (primary N) is 1. The molecule has 0 spiro atoms. The van der Waals surface area contributed by atoms with E-state index in [0.717, 1.165) is 12.1 Å². The molecule has 0 bridgehead atoms. The number of sulfonamides is 1. The van der Waals surface area contributed by atoms with E-state index in [4.69, 9.17) is 5.84 Å². The zero-order valence-corrected chi connectivity index (χ0v) is 12.1. The Balaban J connectivity index is 2.07. The quantitative estimate of drug-likeness (QED) is 0.499. The van der Waals surface area contributed by atoms with E-state index in [1.807, 2.05) is 0 Å². The van der Waals surface area contributed by atoms with Crippen molar-refractivity contribution in [1.82, 2.24) is 9.38 Å². The number of nitrogens with one attached hydrogen (secondary N) is 2. The van der Waals surface area contributed by atoms with Gasteiger partial charge in [-0.3, -0.25) is 9.12 Å². The molecule has 0 aliphatic rings. The molecule has 0 unspecified atom stereocenters. The summed E-state index contributed by atoms with van der Waals surface area (Å²) < 4.78 is 41.6. The molecule has 0 aliphatic heterocycles. The second kappa shape index (κ2) is 4.98. The van der Waals surface area contributed by atoms with Gasteiger partial charge < -0.3 is 5.43 Å². The number of rotatable bonds is 4. The molecular weight excluding hydrogens is 317 g/mol. The van der Waals surface area contributed by atoms with E-state index < -0.39 is 15.8 Å². The molecule has 0 radical (unpaired) electrons. The lowest BCUT2D eigenvalue weighted by molar-refractivity contribution is 0.597. The Bertz CT molecular complexity index is 885. The molecule has 10 heteroatoms. The van der Waals surface area contributed by atoms with Gasteiger partial charge in [0.2, 0.25) is 5.03 Å². The minimum Gasteiger partial charge on any atom is -0.306 e. The third kappa shape index (κ3) is 2.44. The average Bonchev–Trinajstić information content (AvgIpc) is 3.00. The van der Waals surface area contributed by atoms with E-state index in [2.05, 4.69) is 15.1 Å². The molecule has 0 fully saturated rings. The largest absolute Gasteiger partial charge is 0.306 e. The van der Waals surface area contributed by atoms with Crippen LogP contribution < -0.4 is 16.0 Å².